The highest BCUT2D eigenvalue weighted by molar-refractivity contribution is 5.71. The lowest BCUT2D eigenvalue weighted by Crippen LogP contribution is -1.74. The fourth-order valence-corrected chi connectivity index (χ4v) is 1.49. The van der Waals surface area contributed by atoms with Crippen LogP contribution >= 0.6 is 0 Å². The summed E-state index contributed by atoms with van der Waals surface area (Å²) in [6.07, 6.45) is 3.60. The van der Waals surface area contributed by atoms with Crippen LogP contribution in [0.4, 0.5) is 0 Å². The van der Waals surface area contributed by atoms with E-state index in [9.17, 15) is 10.2 Å². The van der Waals surface area contributed by atoms with Crippen molar-refractivity contribution in [2.24, 2.45) is 0 Å². The lowest BCUT2D eigenvalue weighted by molar-refractivity contribution is 0.450. The molecule has 3 N–H and O–H groups in total. The minimum absolute atomic E-state index is 0. The molecule has 0 amide bonds. The van der Waals surface area contributed by atoms with Crippen molar-refractivity contribution < 1.29 is 15.3 Å². The second kappa shape index (κ2) is 5.77. The maximum Gasteiger partial charge on any atom is 0.119 e. The van der Waals surface area contributed by atoms with Crippen LogP contribution in [0.1, 0.15) is 18.6 Å². The van der Waals surface area contributed by atoms with Crippen molar-refractivity contribution in [1.29, 1.82) is 0 Å². The lowest BCUT2D eigenvalue weighted by atomic mass is 10.1. The number of rotatable bonds is 2. The molecule has 0 unspecified atom stereocenters. The van der Waals surface area contributed by atoms with Crippen LogP contribution in [0, 0.1) is 0 Å². The van der Waals surface area contributed by atoms with Crippen molar-refractivity contribution in [3.05, 3.63) is 53.6 Å². The first-order valence-electron chi connectivity index (χ1n) is 5.13. The van der Waals surface area contributed by atoms with Crippen LogP contribution in [0.15, 0.2) is 42.5 Å². The van der Waals surface area contributed by atoms with Gasteiger partial charge in [0.1, 0.15) is 17.2 Å². The smallest absolute Gasteiger partial charge is 0.119 e. The van der Waals surface area contributed by atoms with Gasteiger partial charge in [-0.15, -0.1) is 0 Å². The summed E-state index contributed by atoms with van der Waals surface area (Å²) < 4.78 is 0. The van der Waals surface area contributed by atoms with E-state index >= 15 is 0 Å². The molecule has 2 rings (SSSR count). The fraction of sp³-hybridized carbons (Fsp3) is 0.0667. The van der Waals surface area contributed by atoms with Crippen molar-refractivity contribution in [3.8, 4) is 17.2 Å². The van der Waals surface area contributed by atoms with Gasteiger partial charge in [-0.05, 0) is 35.4 Å². The summed E-state index contributed by atoms with van der Waals surface area (Å²) in [6.45, 7) is 0. The molecule has 0 heterocycles. The SMILES string of the molecule is C.Oc1ccc(C=Cc2cc(O)cc(O)c2)cc1. The second-order valence-corrected chi connectivity index (χ2v) is 3.71. The Bertz CT molecular complexity index is 522. The van der Waals surface area contributed by atoms with E-state index in [0.717, 1.165) is 5.56 Å². The molecule has 0 aliphatic carbocycles. The van der Waals surface area contributed by atoms with Crippen molar-refractivity contribution in [2.45, 2.75) is 7.43 Å². The molecule has 0 radical (unpaired) electrons. The minimum atomic E-state index is 0. The van der Waals surface area contributed by atoms with Gasteiger partial charge in [-0.1, -0.05) is 31.7 Å². The monoisotopic (exact) mass is 244 g/mol. The Morgan fingerprint density at radius 2 is 1.11 bits per heavy atom. The van der Waals surface area contributed by atoms with Crippen LogP contribution in [0.2, 0.25) is 0 Å². The lowest BCUT2D eigenvalue weighted by Gasteiger charge is -1.98. The molecule has 94 valence electrons. The van der Waals surface area contributed by atoms with Crippen molar-refractivity contribution in [3.63, 3.8) is 0 Å². The van der Waals surface area contributed by atoms with Gasteiger partial charge < -0.3 is 15.3 Å². The molecule has 2 aromatic rings. The van der Waals surface area contributed by atoms with Crippen molar-refractivity contribution in [1.82, 2.24) is 0 Å². The Hall–Kier alpha value is -2.42. The molecule has 18 heavy (non-hydrogen) atoms. The largest absolute Gasteiger partial charge is 0.508 e. The molecular formula is C15H16O3. The predicted octanol–water partition coefficient (Wildman–Crippen LogP) is 3.61. The summed E-state index contributed by atoms with van der Waals surface area (Å²) in [4.78, 5) is 0. The van der Waals surface area contributed by atoms with E-state index in [1.54, 1.807) is 42.5 Å². The molecule has 0 atom stereocenters. The Balaban J connectivity index is 0.00000162. The van der Waals surface area contributed by atoms with E-state index in [1.165, 1.54) is 6.07 Å². The van der Waals surface area contributed by atoms with Gasteiger partial charge >= 0.3 is 0 Å². The molecule has 0 saturated heterocycles. The summed E-state index contributed by atoms with van der Waals surface area (Å²) in [6, 6.07) is 11.1. The molecule has 0 bridgehead atoms. The quantitative estimate of drug-likeness (QED) is 0.707. The molecule has 3 nitrogen and oxygen atoms in total. The minimum Gasteiger partial charge on any atom is -0.508 e. The highest BCUT2D eigenvalue weighted by Gasteiger charge is 1.95. The number of phenolic OH excluding ortho intramolecular Hbond substituents is 3. The summed E-state index contributed by atoms with van der Waals surface area (Å²) in [5.74, 6) is 0.267. The summed E-state index contributed by atoms with van der Waals surface area (Å²) in [5, 5.41) is 27.7. The van der Waals surface area contributed by atoms with E-state index in [-0.39, 0.29) is 24.7 Å². The average molecular weight is 244 g/mol. The number of hydrogen-bond acceptors (Lipinski definition) is 3. The van der Waals surface area contributed by atoms with Crippen LogP contribution in [0.25, 0.3) is 12.2 Å². The van der Waals surface area contributed by atoms with Crippen LogP contribution in [0.5, 0.6) is 17.2 Å². The normalized spacial score (nSPS) is 10.2. The Labute approximate surface area is 106 Å². The van der Waals surface area contributed by atoms with E-state index in [2.05, 4.69) is 0 Å². The van der Waals surface area contributed by atoms with Crippen molar-refractivity contribution >= 4 is 12.2 Å². The Morgan fingerprint density at radius 1 is 0.611 bits per heavy atom. The van der Waals surface area contributed by atoms with Gasteiger partial charge in [0.2, 0.25) is 0 Å². The van der Waals surface area contributed by atoms with Gasteiger partial charge in [0.25, 0.3) is 0 Å². The maximum absolute atomic E-state index is 9.30. The zero-order valence-electron chi connectivity index (χ0n) is 9.04. The summed E-state index contributed by atoms with van der Waals surface area (Å²) in [7, 11) is 0. The second-order valence-electron chi connectivity index (χ2n) is 3.71. The summed E-state index contributed by atoms with van der Waals surface area (Å²) >= 11 is 0. The zero-order valence-corrected chi connectivity index (χ0v) is 9.04. The third kappa shape index (κ3) is 3.56. The first-order valence-corrected chi connectivity index (χ1v) is 5.13. The molecule has 0 fully saturated rings. The number of phenols is 3. The highest BCUT2D eigenvalue weighted by atomic mass is 16.3. The molecular weight excluding hydrogens is 228 g/mol. The van der Waals surface area contributed by atoms with Crippen molar-refractivity contribution in [2.75, 3.05) is 0 Å². The Morgan fingerprint density at radius 3 is 1.67 bits per heavy atom. The number of benzene rings is 2. The van der Waals surface area contributed by atoms with E-state index in [0.29, 0.717) is 5.56 Å². The third-order valence-electron chi connectivity index (χ3n) is 2.29. The molecule has 0 saturated carbocycles. The fourth-order valence-electron chi connectivity index (χ4n) is 1.49. The van der Waals surface area contributed by atoms with E-state index in [4.69, 9.17) is 5.11 Å². The Kier molecular flexibility index (Phi) is 4.38. The summed E-state index contributed by atoms with van der Waals surface area (Å²) in [5.41, 5.74) is 1.63. The topological polar surface area (TPSA) is 60.7 Å². The first kappa shape index (κ1) is 13.6. The van der Waals surface area contributed by atoms with E-state index < -0.39 is 0 Å². The molecule has 2 aromatic carbocycles. The molecule has 0 spiro atoms. The predicted molar refractivity (Wildman–Crippen MR) is 73.5 cm³/mol. The van der Waals surface area contributed by atoms with Gasteiger partial charge in [0.15, 0.2) is 0 Å². The van der Waals surface area contributed by atoms with Gasteiger partial charge in [0.05, 0.1) is 0 Å². The van der Waals surface area contributed by atoms with Crippen LogP contribution in [-0.2, 0) is 0 Å². The molecule has 0 aliphatic heterocycles. The highest BCUT2D eigenvalue weighted by Crippen LogP contribution is 2.22. The van der Waals surface area contributed by atoms with Crippen LogP contribution < -0.4 is 0 Å². The average Bonchev–Trinajstić information content (AvgIpc) is 2.27. The first-order chi connectivity index (χ1) is 8.13. The standard InChI is InChI=1S/C14H12O3.CH4/c15-12-5-3-10(4-6-12)1-2-11-7-13(16)9-14(17)8-11;/h1-9,15-17H;1H4. The van der Waals surface area contributed by atoms with Gasteiger partial charge in [-0.2, -0.15) is 0 Å². The van der Waals surface area contributed by atoms with Crippen LogP contribution in [-0.4, -0.2) is 15.3 Å². The number of hydrogen-bond donors (Lipinski definition) is 3. The maximum atomic E-state index is 9.30. The van der Waals surface area contributed by atoms with Gasteiger partial charge in [-0.3, -0.25) is 0 Å². The molecule has 0 aliphatic rings. The third-order valence-corrected chi connectivity index (χ3v) is 2.29. The van der Waals surface area contributed by atoms with Gasteiger partial charge in [0, 0.05) is 6.07 Å². The van der Waals surface area contributed by atoms with Gasteiger partial charge in [-0.25, -0.2) is 0 Å². The molecule has 3 heteroatoms. The van der Waals surface area contributed by atoms with E-state index in [1.807, 2.05) is 6.08 Å². The van der Waals surface area contributed by atoms with Crippen LogP contribution in [0.3, 0.4) is 0 Å². The molecule has 0 aromatic heterocycles. The zero-order chi connectivity index (χ0) is 12.3. The number of aromatic hydroxyl groups is 3.